The molecular formula is C9H14N4O4. The molecule has 0 saturated carbocycles. The minimum atomic E-state index is -1.21. The summed E-state index contributed by atoms with van der Waals surface area (Å²) in [6.45, 7) is 0.271. The fourth-order valence-corrected chi connectivity index (χ4v) is 0.889. The van der Waals surface area contributed by atoms with E-state index in [-0.39, 0.29) is 19.5 Å². The van der Waals surface area contributed by atoms with E-state index in [0.29, 0.717) is 0 Å². The molecule has 6 N–H and O–H groups in total. The monoisotopic (exact) mass is 242 g/mol. The lowest BCUT2D eigenvalue weighted by Crippen LogP contribution is -2.47. The third kappa shape index (κ3) is 7.49. The van der Waals surface area contributed by atoms with Crippen molar-refractivity contribution in [2.45, 2.75) is 12.5 Å². The summed E-state index contributed by atoms with van der Waals surface area (Å²) < 4.78 is 0. The van der Waals surface area contributed by atoms with E-state index in [1.165, 1.54) is 0 Å². The van der Waals surface area contributed by atoms with E-state index < -0.39 is 24.1 Å². The zero-order chi connectivity index (χ0) is 13.3. The molecule has 4 amide bonds. The highest BCUT2D eigenvalue weighted by molar-refractivity contribution is 5.82. The van der Waals surface area contributed by atoms with Crippen LogP contribution in [0.4, 0.5) is 9.59 Å². The molecule has 94 valence electrons. The molecule has 0 rings (SSSR count). The summed E-state index contributed by atoms with van der Waals surface area (Å²) >= 11 is 0. The highest BCUT2D eigenvalue weighted by Crippen LogP contribution is 1.90. The topological polar surface area (TPSA) is 134 Å². The lowest BCUT2D eigenvalue weighted by Gasteiger charge is -2.12. The van der Waals surface area contributed by atoms with Crippen molar-refractivity contribution in [2.75, 3.05) is 13.1 Å². The van der Waals surface area contributed by atoms with E-state index >= 15 is 0 Å². The number of urea groups is 2. The number of nitrogens with one attached hydrogen (secondary N) is 3. The molecule has 17 heavy (non-hydrogen) atoms. The first kappa shape index (κ1) is 14.6. The van der Waals surface area contributed by atoms with Gasteiger partial charge < -0.3 is 26.8 Å². The van der Waals surface area contributed by atoms with Gasteiger partial charge in [-0.2, -0.15) is 0 Å². The molecule has 0 aromatic carbocycles. The van der Waals surface area contributed by atoms with E-state index in [1.807, 2.05) is 0 Å². The summed E-state index contributed by atoms with van der Waals surface area (Å²) in [6.07, 6.45) is 4.84. The lowest BCUT2D eigenvalue weighted by atomic mass is 10.2. The van der Waals surface area contributed by atoms with Crippen LogP contribution in [0.1, 0.15) is 6.42 Å². The van der Waals surface area contributed by atoms with Crippen LogP contribution in [0, 0.1) is 12.3 Å². The number of nitrogens with two attached hydrogens (primary N) is 1. The molecule has 0 bridgehead atoms. The number of amides is 4. The first-order chi connectivity index (χ1) is 7.97. The molecule has 8 nitrogen and oxygen atoms in total. The van der Waals surface area contributed by atoms with Gasteiger partial charge in [0.25, 0.3) is 0 Å². The van der Waals surface area contributed by atoms with E-state index in [0.717, 1.165) is 0 Å². The molecule has 0 aliphatic rings. The van der Waals surface area contributed by atoms with Crippen molar-refractivity contribution in [3.8, 4) is 12.3 Å². The van der Waals surface area contributed by atoms with Crippen LogP contribution < -0.4 is 21.7 Å². The molecule has 1 unspecified atom stereocenters. The third-order valence-electron chi connectivity index (χ3n) is 1.64. The molecule has 1 atom stereocenters. The van der Waals surface area contributed by atoms with Gasteiger partial charge in [-0.05, 0) is 0 Å². The molecule has 0 aliphatic carbocycles. The van der Waals surface area contributed by atoms with Gasteiger partial charge in [0.05, 0.1) is 0 Å². The van der Waals surface area contributed by atoms with Crippen LogP contribution in [-0.4, -0.2) is 42.3 Å². The van der Waals surface area contributed by atoms with Crippen molar-refractivity contribution in [1.82, 2.24) is 16.0 Å². The minimum Gasteiger partial charge on any atom is -0.480 e. The van der Waals surface area contributed by atoms with Gasteiger partial charge >= 0.3 is 18.0 Å². The van der Waals surface area contributed by atoms with Crippen molar-refractivity contribution in [1.29, 1.82) is 0 Å². The number of carboxylic acid groups (broad SMARTS) is 1. The summed E-state index contributed by atoms with van der Waals surface area (Å²) in [5.41, 5.74) is 4.79. The average Bonchev–Trinajstić information content (AvgIpc) is 2.23. The largest absolute Gasteiger partial charge is 0.480 e. The van der Waals surface area contributed by atoms with Crippen LogP contribution in [0.5, 0.6) is 0 Å². The zero-order valence-corrected chi connectivity index (χ0v) is 9.03. The maximum Gasteiger partial charge on any atom is 0.327 e. The van der Waals surface area contributed by atoms with Gasteiger partial charge in [0, 0.05) is 19.5 Å². The summed E-state index contributed by atoms with van der Waals surface area (Å²) in [6, 6.07) is -2.52. The Bertz CT molecular complexity index is 336. The average molecular weight is 242 g/mol. The number of hydrogen-bond donors (Lipinski definition) is 5. The molecule has 0 fully saturated rings. The maximum atomic E-state index is 11.2. The molecule has 0 radical (unpaired) electrons. The highest BCUT2D eigenvalue weighted by atomic mass is 16.4. The first-order valence-corrected chi connectivity index (χ1v) is 4.71. The molecule has 0 aliphatic heterocycles. The lowest BCUT2D eigenvalue weighted by molar-refractivity contribution is -0.139. The van der Waals surface area contributed by atoms with E-state index in [2.05, 4.69) is 21.9 Å². The number of terminal acetylenes is 1. The second-order valence-electron chi connectivity index (χ2n) is 2.99. The predicted octanol–water partition coefficient (Wildman–Crippen LogP) is -1.57. The Balaban J connectivity index is 3.87. The van der Waals surface area contributed by atoms with Gasteiger partial charge in [-0.15, -0.1) is 12.3 Å². The van der Waals surface area contributed by atoms with Gasteiger partial charge in [0.1, 0.15) is 6.04 Å². The van der Waals surface area contributed by atoms with Crippen LogP contribution in [0.25, 0.3) is 0 Å². The van der Waals surface area contributed by atoms with E-state index in [4.69, 9.17) is 17.3 Å². The number of carbonyl (C=O) groups is 3. The summed E-state index contributed by atoms with van der Waals surface area (Å²) in [5.74, 6) is 0.925. The second-order valence-corrected chi connectivity index (χ2v) is 2.99. The van der Waals surface area contributed by atoms with Crippen molar-refractivity contribution in [2.24, 2.45) is 5.73 Å². The van der Waals surface area contributed by atoms with Gasteiger partial charge in [-0.25, -0.2) is 14.4 Å². The molecule has 0 aromatic rings. The number of aliphatic carboxylic acids is 1. The fraction of sp³-hybridized carbons (Fsp3) is 0.444. The van der Waals surface area contributed by atoms with Gasteiger partial charge in [0.15, 0.2) is 0 Å². The Kier molecular flexibility index (Phi) is 6.69. The van der Waals surface area contributed by atoms with E-state index in [9.17, 15) is 14.4 Å². The molecular weight excluding hydrogens is 228 g/mol. The molecule has 0 aromatic heterocycles. The number of hydrogen-bond acceptors (Lipinski definition) is 3. The SMILES string of the molecule is C#CCC(NC(=O)NCCNC(N)=O)C(=O)O. The van der Waals surface area contributed by atoms with Crippen molar-refractivity contribution in [3.05, 3.63) is 0 Å². The van der Waals surface area contributed by atoms with Crippen molar-refractivity contribution < 1.29 is 19.5 Å². The van der Waals surface area contributed by atoms with Crippen LogP contribution in [0.15, 0.2) is 0 Å². The smallest absolute Gasteiger partial charge is 0.327 e. The van der Waals surface area contributed by atoms with Gasteiger partial charge in [-0.1, -0.05) is 0 Å². The Hall–Kier alpha value is -2.43. The summed E-state index contributed by atoms with van der Waals surface area (Å²) in [4.78, 5) is 32.1. The zero-order valence-electron chi connectivity index (χ0n) is 9.03. The standard InChI is InChI=1S/C9H14N4O4/c1-2-3-6(7(14)15)13-9(17)12-5-4-11-8(10)16/h1,6H,3-5H2,(H,14,15)(H3,10,11,16)(H2,12,13,17). The van der Waals surface area contributed by atoms with Crippen molar-refractivity contribution in [3.63, 3.8) is 0 Å². The molecule has 0 saturated heterocycles. The van der Waals surface area contributed by atoms with Crippen LogP contribution in [0.3, 0.4) is 0 Å². The Morgan fingerprint density at radius 2 is 1.88 bits per heavy atom. The minimum absolute atomic E-state index is 0.109. The Labute approximate surface area is 97.9 Å². The summed E-state index contributed by atoms with van der Waals surface area (Å²) in [7, 11) is 0. The number of rotatable bonds is 6. The van der Waals surface area contributed by atoms with Crippen LogP contribution >= 0.6 is 0 Å². The van der Waals surface area contributed by atoms with Gasteiger partial charge in [-0.3, -0.25) is 0 Å². The quantitative estimate of drug-likeness (QED) is 0.284. The molecule has 0 heterocycles. The predicted molar refractivity (Wildman–Crippen MR) is 59.0 cm³/mol. The number of carboxylic acids is 1. The van der Waals surface area contributed by atoms with E-state index in [1.54, 1.807) is 0 Å². The second kappa shape index (κ2) is 7.81. The van der Waals surface area contributed by atoms with Gasteiger partial charge in [0.2, 0.25) is 0 Å². The fourth-order valence-electron chi connectivity index (χ4n) is 0.889. The number of carbonyl (C=O) groups excluding carboxylic acids is 2. The van der Waals surface area contributed by atoms with Crippen LogP contribution in [-0.2, 0) is 4.79 Å². The Morgan fingerprint density at radius 3 is 2.35 bits per heavy atom. The molecule has 8 heteroatoms. The normalized spacial score (nSPS) is 10.8. The maximum absolute atomic E-state index is 11.2. The third-order valence-corrected chi connectivity index (χ3v) is 1.64. The highest BCUT2D eigenvalue weighted by Gasteiger charge is 2.18. The Morgan fingerprint density at radius 1 is 1.29 bits per heavy atom. The summed E-state index contributed by atoms with van der Waals surface area (Å²) in [5, 5.41) is 15.4. The first-order valence-electron chi connectivity index (χ1n) is 4.71. The van der Waals surface area contributed by atoms with Crippen molar-refractivity contribution >= 4 is 18.0 Å². The molecule has 0 spiro atoms. The van der Waals surface area contributed by atoms with Crippen LogP contribution in [0.2, 0.25) is 0 Å². The number of primary amides is 1.